The van der Waals surface area contributed by atoms with Gasteiger partial charge in [0.1, 0.15) is 0 Å². The number of aromatic nitrogens is 1. The largest absolute Gasteiger partial charge is 0.260 e. The van der Waals surface area contributed by atoms with Gasteiger partial charge in [0, 0.05) is 22.8 Å². The number of hydrogen-bond donors (Lipinski definition) is 1. The highest BCUT2D eigenvalue weighted by Crippen LogP contribution is 2.33. The molecule has 0 amide bonds. The van der Waals surface area contributed by atoms with E-state index in [4.69, 9.17) is 0 Å². The summed E-state index contributed by atoms with van der Waals surface area (Å²) >= 11 is 1.67. The zero-order valence-electron chi connectivity index (χ0n) is 6.59. The fourth-order valence-corrected chi connectivity index (χ4v) is 2.10. The van der Waals surface area contributed by atoms with Gasteiger partial charge in [0.25, 0.3) is 0 Å². The fraction of sp³-hybridized carbons (Fsp3) is 0.375. The predicted octanol–water partition coefficient (Wildman–Crippen LogP) is 2.06. The first-order chi connectivity index (χ1) is 5.27. The van der Waals surface area contributed by atoms with Crippen LogP contribution in [-0.4, -0.2) is 4.98 Å². The van der Waals surface area contributed by atoms with Crippen LogP contribution in [0.4, 0.5) is 0 Å². The van der Waals surface area contributed by atoms with Gasteiger partial charge in [0.2, 0.25) is 0 Å². The van der Waals surface area contributed by atoms with Crippen LogP contribution in [0.2, 0.25) is 0 Å². The van der Waals surface area contributed by atoms with Crippen LogP contribution in [-0.2, 0) is 0 Å². The van der Waals surface area contributed by atoms with E-state index in [2.05, 4.69) is 22.7 Å². The number of pyridine rings is 1. The summed E-state index contributed by atoms with van der Waals surface area (Å²) in [6, 6.07) is 2.62. The lowest BCUT2D eigenvalue weighted by Crippen LogP contribution is -2.01. The third kappa shape index (κ3) is 1.14. The van der Waals surface area contributed by atoms with E-state index in [-0.39, 0.29) is 0 Å². The SMILES string of the molecule is Cc1cc2c(cn1)SNC2C. The highest BCUT2D eigenvalue weighted by atomic mass is 32.2. The normalized spacial score (nSPS) is 21.8. The maximum Gasteiger partial charge on any atom is 0.0460 e. The second-order valence-electron chi connectivity index (χ2n) is 2.81. The third-order valence-electron chi connectivity index (χ3n) is 1.85. The second kappa shape index (κ2) is 2.50. The molecule has 0 aliphatic carbocycles. The highest BCUT2D eigenvalue weighted by molar-refractivity contribution is 7.97. The van der Waals surface area contributed by atoms with Crippen molar-refractivity contribution < 1.29 is 0 Å². The average Bonchev–Trinajstić information content (AvgIpc) is 2.33. The Kier molecular flexibility index (Phi) is 1.62. The molecule has 1 atom stereocenters. The summed E-state index contributed by atoms with van der Waals surface area (Å²) in [5, 5.41) is 0. The van der Waals surface area contributed by atoms with E-state index in [1.165, 1.54) is 10.5 Å². The molecule has 58 valence electrons. The molecule has 3 heteroatoms. The molecule has 0 fully saturated rings. The first-order valence-electron chi connectivity index (χ1n) is 3.66. The number of nitrogens with one attached hydrogen (secondary N) is 1. The van der Waals surface area contributed by atoms with Gasteiger partial charge in [-0.05, 0) is 37.4 Å². The van der Waals surface area contributed by atoms with Gasteiger partial charge in [-0.15, -0.1) is 0 Å². The number of fused-ring (bicyclic) bond motifs is 1. The van der Waals surface area contributed by atoms with Crippen LogP contribution >= 0.6 is 11.9 Å². The molecule has 2 nitrogen and oxygen atoms in total. The fourth-order valence-electron chi connectivity index (χ4n) is 1.21. The summed E-state index contributed by atoms with van der Waals surface area (Å²) in [4.78, 5) is 5.49. The van der Waals surface area contributed by atoms with Crippen molar-refractivity contribution in [2.75, 3.05) is 0 Å². The molecule has 0 aromatic carbocycles. The molecule has 1 aromatic rings. The molecule has 1 N–H and O–H groups in total. The Bertz CT molecular complexity index is 285. The molecule has 2 heterocycles. The molecule has 11 heavy (non-hydrogen) atoms. The summed E-state index contributed by atoms with van der Waals surface area (Å²) in [7, 11) is 0. The third-order valence-corrected chi connectivity index (χ3v) is 2.88. The summed E-state index contributed by atoms with van der Waals surface area (Å²) in [6.07, 6.45) is 1.94. The van der Waals surface area contributed by atoms with Gasteiger partial charge >= 0.3 is 0 Å². The van der Waals surface area contributed by atoms with Crippen LogP contribution in [0.5, 0.6) is 0 Å². The maximum atomic E-state index is 4.22. The minimum Gasteiger partial charge on any atom is -0.260 e. The quantitative estimate of drug-likeness (QED) is 0.597. The van der Waals surface area contributed by atoms with E-state index in [1.54, 1.807) is 11.9 Å². The van der Waals surface area contributed by atoms with Crippen molar-refractivity contribution in [1.29, 1.82) is 0 Å². The number of nitrogens with zero attached hydrogens (tertiary/aromatic N) is 1. The molecule has 0 spiro atoms. The molecule has 0 saturated heterocycles. The van der Waals surface area contributed by atoms with Gasteiger partial charge in [-0.2, -0.15) is 0 Å². The zero-order valence-corrected chi connectivity index (χ0v) is 7.40. The van der Waals surface area contributed by atoms with Crippen LogP contribution in [0, 0.1) is 6.92 Å². The van der Waals surface area contributed by atoms with Crippen molar-refractivity contribution in [2.24, 2.45) is 0 Å². The lowest BCUT2D eigenvalue weighted by atomic mass is 10.1. The summed E-state index contributed by atoms with van der Waals surface area (Å²) < 4.78 is 3.29. The molecule has 1 aliphatic heterocycles. The van der Waals surface area contributed by atoms with Crippen LogP contribution < -0.4 is 4.72 Å². The van der Waals surface area contributed by atoms with Crippen LogP contribution in [0.15, 0.2) is 17.2 Å². The Hall–Kier alpha value is -0.540. The van der Waals surface area contributed by atoms with Crippen molar-refractivity contribution in [3.05, 3.63) is 23.5 Å². The van der Waals surface area contributed by atoms with E-state index >= 15 is 0 Å². The van der Waals surface area contributed by atoms with Crippen molar-refractivity contribution >= 4 is 11.9 Å². The number of aryl methyl sites for hydroxylation is 1. The number of hydrogen-bond acceptors (Lipinski definition) is 3. The Morgan fingerprint density at radius 1 is 1.64 bits per heavy atom. The van der Waals surface area contributed by atoms with E-state index in [1.807, 2.05) is 13.1 Å². The van der Waals surface area contributed by atoms with E-state index < -0.39 is 0 Å². The van der Waals surface area contributed by atoms with Crippen LogP contribution in [0.1, 0.15) is 24.2 Å². The lowest BCUT2D eigenvalue weighted by molar-refractivity contribution is 0.761. The first kappa shape index (κ1) is 7.13. The minimum absolute atomic E-state index is 0.469. The molecule has 0 saturated carbocycles. The van der Waals surface area contributed by atoms with Gasteiger partial charge < -0.3 is 0 Å². The van der Waals surface area contributed by atoms with Crippen LogP contribution in [0.3, 0.4) is 0 Å². The van der Waals surface area contributed by atoms with E-state index in [9.17, 15) is 0 Å². The number of rotatable bonds is 0. The average molecular weight is 166 g/mol. The first-order valence-corrected chi connectivity index (χ1v) is 4.48. The molecular weight excluding hydrogens is 156 g/mol. The monoisotopic (exact) mass is 166 g/mol. The topological polar surface area (TPSA) is 24.9 Å². The summed E-state index contributed by atoms with van der Waals surface area (Å²) in [5.74, 6) is 0. The van der Waals surface area contributed by atoms with Gasteiger partial charge in [-0.1, -0.05) is 0 Å². The molecule has 1 aliphatic rings. The Labute approximate surface area is 70.5 Å². The van der Waals surface area contributed by atoms with Crippen molar-refractivity contribution in [2.45, 2.75) is 24.8 Å². The standard InChI is InChI=1S/C8H10N2S/c1-5-3-7-6(2)10-11-8(7)4-9-5/h3-4,6,10H,1-2H3. The second-order valence-corrected chi connectivity index (χ2v) is 3.68. The molecule has 1 aromatic heterocycles. The predicted molar refractivity (Wildman–Crippen MR) is 46.4 cm³/mol. The van der Waals surface area contributed by atoms with Gasteiger partial charge in [-0.25, -0.2) is 0 Å². The van der Waals surface area contributed by atoms with E-state index in [0.29, 0.717) is 6.04 Å². The van der Waals surface area contributed by atoms with Gasteiger partial charge in [-0.3, -0.25) is 9.71 Å². The van der Waals surface area contributed by atoms with Gasteiger partial charge in [0.05, 0.1) is 0 Å². The molecular formula is C8H10N2S. The zero-order chi connectivity index (χ0) is 7.84. The molecule has 1 unspecified atom stereocenters. The Balaban J connectivity index is 2.52. The van der Waals surface area contributed by atoms with Crippen molar-refractivity contribution in [3.63, 3.8) is 0 Å². The van der Waals surface area contributed by atoms with Crippen LogP contribution in [0.25, 0.3) is 0 Å². The minimum atomic E-state index is 0.469. The van der Waals surface area contributed by atoms with Crippen molar-refractivity contribution in [3.8, 4) is 0 Å². The van der Waals surface area contributed by atoms with Crippen molar-refractivity contribution in [1.82, 2.24) is 9.71 Å². The molecule has 0 radical (unpaired) electrons. The highest BCUT2D eigenvalue weighted by Gasteiger charge is 2.18. The Morgan fingerprint density at radius 2 is 2.45 bits per heavy atom. The smallest absolute Gasteiger partial charge is 0.0460 e. The summed E-state index contributed by atoms with van der Waals surface area (Å²) in [5.41, 5.74) is 2.47. The lowest BCUT2D eigenvalue weighted by Gasteiger charge is -2.02. The molecule has 2 rings (SSSR count). The van der Waals surface area contributed by atoms with E-state index in [0.717, 1.165) is 5.69 Å². The molecule has 0 bridgehead atoms. The Morgan fingerprint density at radius 3 is 3.27 bits per heavy atom. The summed E-state index contributed by atoms with van der Waals surface area (Å²) in [6.45, 7) is 4.19. The maximum absolute atomic E-state index is 4.22. The van der Waals surface area contributed by atoms with Gasteiger partial charge in [0.15, 0.2) is 0 Å².